The second kappa shape index (κ2) is 5.70. The van der Waals surface area contributed by atoms with Crippen molar-refractivity contribution in [3.63, 3.8) is 0 Å². The van der Waals surface area contributed by atoms with Crippen LogP contribution in [0.1, 0.15) is 52.9 Å². The van der Waals surface area contributed by atoms with Gasteiger partial charge in [0.15, 0.2) is 0 Å². The highest BCUT2D eigenvalue weighted by Gasteiger charge is 2.49. The summed E-state index contributed by atoms with van der Waals surface area (Å²) >= 11 is 0. The molecule has 21 heavy (non-hydrogen) atoms. The maximum Gasteiger partial charge on any atom is 0.410 e. The van der Waals surface area contributed by atoms with E-state index in [2.05, 4.69) is 11.9 Å². The van der Waals surface area contributed by atoms with Crippen LogP contribution in [-0.2, 0) is 9.53 Å². The molecule has 0 radical (unpaired) electrons. The number of piperidine rings is 1. The summed E-state index contributed by atoms with van der Waals surface area (Å²) in [4.78, 5) is 25.8. The third-order valence-corrected chi connectivity index (χ3v) is 4.33. The van der Waals surface area contributed by atoms with E-state index in [0.29, 0.717) is 6.54 Å². The molecule has 5 nitrogen and oxygen atoms in total. The second-order valence-electron chi connectivity index (χ2n) is 7.11. The first-order valence-electron chi connectivity index (χ1n) is 7.69. The minimum atomic E-state index is -0.476. The molecule has 1 atom stereocenters. The van der Waals surface area contributed by atoms with Crippen LogP contribution in [0.2, 0.25) is 0 Å². The lowest BCUT2D eigenvalue weighted by molar-refractivity contribution is -0.118. The molecule has 1 saturated carbocycles. The molecule has 1 unspecified atom stereocenters. The van der Waals surface area contributed by atoms with Gasteiger partial charge in [-0.15, -0.1) is 0 Å². The lowest BCUT2D eigenvalue weighted by Gasteiger charge is -2.54. The quantitative estimate of drug-likeness (QED) is 0.796. The van der Waals surface area contributed by atoms with E-state index >= 15 is 0 Å². The number of nitrogens with zero attached hydrogens (tertiary/aromatic N) is 1. The lowest BCUT2D eigenvalue weighted by atomic mass is 9.69. The molecule has 5 heteroatoms. The van der Waals surface area contributed by atoms with Crippen LogP contribution >= 0.6 is 0 Å². The van der Waals surface area contributed by atoms with E-state index in [1.165, 1.54) is 6.08 Å². The Hall–Kier alpha value is -1.52. The standard InChI is InChI=1S/C16H26N2O3/c1-5-13(19)17-12-7-10-18(14(20)21-15(2,3)4)16(11-12)8-6-9-16/h5,12H,1,6-11H2,2-4H3,(H,17,19). The molecule has 0 aromatic carbocycles. The van der Waals surface area contributed by atoms with Crippen molar-refractivity contribution in [2.45, 2.75) is 70.1 Å². The average Bonchev–Trinajstić information content (AvgIpc) is 2.34. The van der Waals surface area contributed by atoms with Crippen LogP contribution in [0.3, 0.4) is 0 Å². The number of likely N-dealkylation sites (tertiary alicyclic amines) is 1. The number of ether oxygens (including phenoxy) is 1. The molecule has 2 rings (SSSR count). The molecule has 2 aliphatic rings. The van der Waals surface area contributed by atoms with E-state index in [1.807, 2.05) is 25.7 Å². The molecule has 2 fully saturated rings. The first kappa shape index (κ1) is 15.9. The van der Waals surface area contributed by atoms with Gasteiger partial charge >= 0.3 is 6.09 Å². The van der Waals surface area contributed by atoms with Crippen LogP contribution in [0.15, 0.2) is 12.7 Å². The Labute approximate surface area is 126 Å². The van der Waals surface area contributed by atoms with E-state index in [-0.39, 0.29) is 23.6 Å². The molecular formula is C16H26N2O3. The van der Waals surface area contributed by atoms with Gasteiger partial charge in [-0.1, -0.05) is 6.58 Å². The maximum absolute atomic E-state index is 12.4. The number of carbonyl (C=O) groups is 2. The van der Waals surface area contributed by atoms with Gasteiger partial charge in [0.05, 0.1) is 0 Å². The molecular weight excluding hydrogens is 268 g/mol. The molecule has 1 spiro atoms. The molecule has 118 valence electrons. The molecule has 1 aliphatic carbocycles. The Bertz CT molecular complexity index is 435. The monoisotopic (exact) mass is 294 g/mol. The van der Waals surface area contributed by atoms with Gasteiger partial charge in [-0.3, -0.25) is 4.79 Å². The number of hydrogen-bond acceptors (Lipinski definition) is 3. The topological polar surface area (TPSA) is 58.6 Å². The fraction of sp³-hybridized carbons (Fsp3) is 0.750. The number of hydrogen-bond donors (Lipinski definition) is 1. The van der Waals surface area contributed by atoms with Crippen molar-refractivity contribution in [3.8, 4) is 0 Å². The summed E-state index contributed by atoms with van der Waals surface area (Å²) in [5.41, 5.74) is -0.602. The summed E-state index contributed by atoms with van der Waals surface area (Å²) in [7, 11) is 0. The molecule has 2 amide bonds. The Morgan fingerprint density at radius 1 is 1.38 bits per heavy atom. The minimum absolute atomic E-state index is 0.120. The largest absolute Gasteiger partial charge is 0.444 e. The van der Waals surface area contributed by atoms with Gasteiger partial charge in [-0.2, -0.15) is 0 Å². The minimum Gasteiger partial charge on any atom is -0.444 e. The Kier molecular flexibility index (Phi) is 4.30. The smallest absolute Gasteiger partial charge is 0.410 e. The van der Waals surface area contributed by atoms with Crippen molar-refractivity contribution in [2.75, 3.05) is 6.54 Å². The van der Waals surface area contributed by atoms with E-state index in [0.717, 1.165) is 32.1 Å². The SMILES string of the molecule is C=CC(=O)NC1CCN(C(=O)OC(C)(C)C)C2(CCC2)C1. The van der Waals surface area contributed by atoms with Crippen molar-refractivity contribution in [1.29, 1.82) is 0 Å². The molecule has 1 aliphatic heterocycles. The third-order valence-electron chi connectivity index (χ3n) is 4.33. The fourth-order valence-electron chi connectivity index (χ4n) is 3.24. The van der Waals surface area contributed by atoms with Crippen LogP contribution in [0.25, 0.3) is 0 Å². The summed E-state index contributed by atoms with van der Waals surface area (Å²) in [5.74, 6) is -0.139. The van der Waals surface area contributed by atoms with Crippen molar-refractivity contribution < 1.29 is 14.3 Å². The summed E-state index contributed by atoms with van der Waals surface area (Å²) in [5, 5.41) is 2.96. The van der Waals surface area contributed by atoms with Crippen LogP contribution in [-0.4, -0.2) is 40.6 Å². The summed E-state index contributed by atoms with van der Waals surface area (Å²) < 4.78 is 5.53. The molecule has 0 aromatic rings. The highest BCUT2D eigenvalue weighted by molar-refractivity contribution is 5.87. The predicted octanol–water partition coefficient (Wildman–Crippen LogP) is 2.61. The molecule has 0 aromatic heterocycles. The number of carbonyl (C=O) groups excluding carboxylic acids is 2. The molecule has 0 bridgehead atoms. The Balaban J connectivity index is 2.03. The Morgan fingerprint density at radius 2 is 2.05 bits per heavy atom. The second-order valence-corrected chi connectivity index (χ2v) is 7.11. The third kappa shape index (κ3) is 3.57. The van der Waals surface area contributed by atoms with Gasteiger partial charge in [0, 0.05) is 18.1 Å². The molecule has 1 N–H and O–H groups in total. The van der Waals surface area contributed by atoms with Gasteiger partial charge in [-0.05, 0) is 59.0 Å². The molecule has 1 saturated heterocycles. The van der Waals surface area contributed by atoms with Crippen LogP contribution in [0.4, 0.5) is 4.79 Å². The van der Waals surface area contributed by atoms with Crippen molar-refractivity contribution >= 4 is 12.0 Å². The first-order chi connectivity index (χ1) is 9.76. The number of rotatable bonds is 2. The van der Waals surface area contributed by atoms with Gasteiger partial charge < -0.3 is 15.0 Å². The maximum atomic E-state index is 12.4. The van der Waals surface area contributed by atoms with E-state index in [1.54, 1.807) is 0 Å². The van der Waals surface area contributed by atoms with E-state index in [9.17, 15) is 9.59 Å². The van der Waals surface area contributed by atoms with Crippen LogP contribution in [0.5, 0.6) is 0 Å². The Morgan fingerprint density at radius 3 is 2.52 bits per heavy atom. The lowest BCUT2D eigenvalue weighted by Crippen LogP contribution is -2.63. The van der Waals surface area contributed by atoms with Crippen molar-refractivity contribution in [3.05, 3.63) is 12.7 Å². The average molecular weight is 294 g/mol. The number of nitrogens with one attached hydrogen (secondary N) is 1. The highest BCUT2D eigenvalue weighted by Crippen LogP contribution is 2.45. The van der Waals surface area contributed by atoms with Gasteiger partial charge in [0.2, 0.25) is 5.91 Å². The van der Waals surface area contributed by atoms with Gasteiger partial charge in [0.1, 0.15) is 5.60 Å². The van der Waals surface area contributed by atoms with Crippen molar-refractivity contribution in [2.24, 2.45) is 0 Å². The molecule has 1 heterocycles. The van der Waals surface area contributed by atoms with Gasteiger partial charge in [-0.25, -0.2) is 4.79 Å². The highest BCUT2D eigenvalue weighted by atomic mass is 16.6. The predicted molar refractivity (Wildman–Crippen MR) is 80.9 cm³/mol. The zero-order valence-corrected chi connectivity index (χ0v) is 13.3. The van der Waals surface area contributed by atoms with E-state index < -0.39 is 5.60 Å². The fourth-order valence-corrected chi connectivity index (χ4v) is 3.24. The van der Waals surface area contributed by atoms with Crippen LogP contribution in [0, 0.1) is 0 Å². The first-order valence-corrected chi connectivity index (χ1v) is 7.69. The normalized spacial score (nSPS) is 24.1. The van der Waals surface area contributed by atoms with Crippen molar-refractivity contribution in [1.82, 2.24) is 10.2 Å². The van der Waals surface area contributed by atoms with E-state index in [4.69, 9.17) is 4.74 Å². The summed E-state index contributed by atoms with van der Waals surface area (Å²) in [6, 6.07) is 0.120. The van der Waals surface area contributed by atoms with Gasteiger partial charge in [0.25, 0.3) is 0 Å². The number of amides is 2. The summed E-state index contributed by atoms with van der Waals surface area (Å²) in [6.07, 6.45) is 5.76. The summed E-state index contributed by atoms with van der Waals surface area (Å²) in [6.45, 7) is 9.77. The van der Waals surface area contributed by atoms with Crippen LogP contribution < -0.4 is 5.32 Å². The zero-order chi connectivity index (χ0) is 15.7. The zero-order valence-electron chi connectivity index (χ0n) is 13.3.